The molecule has 4 rings (SSSR count). The summed E-state index contributed by atoms with van der Waals surface area (Å²) in [5.74, 6) is 2.23. The number of ether oxygens (including phenoxy) is 1. The first kappa shape index (κ1) is 24.0. The Bertz CT molecular complexity index is 1100. The number of hydrogen-bond donors (Lipinski definition) is 1. The molecule has 1 N–H and O–H groups in total. The number of methoxy groups -OCH3 is 1. The summed E-state index contributed by atoms with van der Waals surface area (Å²) in [6.07, 6.45) is 21.6. The minimum absolute atomic E-state index is 0.0279. The van der Waals surface area contributed by atoms with Gasteiger partial charge in [-0.1, -0.05) is 61.4 Å². The van der Waals surface area contributed by atoms with Gasteiger partial charge in [-0.15, -0.1) is 0 Å². The van der Waals surface area contributed by atoms with Crippen LogP contribution < -0.4 is 10.1 Å². The highest BCUT2D eigenvalue weighted by Crippen LogP contribution is 2.29. The molecule has 0 spiro atoms. The van der Waals surface area contributed by atoms with Crippen molar-refractivity contribution in [3.63, 3.8) is 0 Å². The maximum absolute atomic E-state index is 5.29. The first-order chi connectivity index (χ1) is 16.7. The first-order valence-corrected chi connectivity index (χ1v) is 12.3. The van der Waals surface area contributed by atoms with Crippen LogP contribution in [0.5, 0.6) is 5.75 Å². The average molecular weight is 457 g/mol. The fraction of sp³-hybridized carbons (Fsp3) is 0.379. The van der Waals surface area contributed by atoms with Crippen LogP contribution in [-0.2, 0) is 6.54 Å². The van der Waals surface area contributed by atoms with E-state index in [2.05, 4.69) is 71.6 Å². The summed E-state index contributed by atoms with van der Waals surface area (Å²) in [6, 6.07) is 8.22. The van der Waals surface area contributed by atoms with Gasteiger partial charge >= 0.3 is 0 Å². The van der Waals surface area contributed by atoms with Crippen molar-refractivity contribution in [2.24, 2.45) is 10.9 Å². The Hall–Kier alpha value is -3.18. The number of aromatic nitrogens is 2. The molecular formula is C29H36N4O. The second kappa shape index (κ2) is 11.8. The van der Waals surface area contributed by atoms with Crippen LogP contribution >= 0.6 is 0 Å². The molecule has 0 saturated heterocycles. The van der Waals surface area contributed by atoms with E-state index >= 15 is 0 Å². The van der Waals surface area contributed by atoms with Crippen molar-refractivity contribution in [2.45, 2.75) is 52.1 Å². The lowest BCUT2D eigenvalue weighted by Crippen LogP contribution is -2.30. The standard InChI is InChI=1S/C29H36N4O/c1-4-6-8-25-19-27(24-13-9-22(7-5-2)10-14-24)32-21-28(29-30-17-18-33(25)29)31-20-23-11-15-26(34-3)16-12-23/h4,6,8-13,15-18,24,28,31H,5,7,14,19-21H2,1-3H3/b6-4-,25-8+,32-27?/t24?,28-/m0/s1. The average Bonchev–Trinajstić information content (AvgIpc) is 3.34. The molecule has 1 aromatic heterocycles. The third-order valence-electron chi connectivity index (χ3n) is 6.47. The highest BCUT2D eigenvalue weighted by molar-refractivity contribution is 5.95. The molecule has 5 heteroatoms. The molecule has 2 heterocycles. The number of nitrogens with one attached hydrogen (secondary N) is 1. The molecular weight excluding hydrogens is 420 g/mol. The number of benzene rings is 1. The van der Waals surface area contributed by atoms with Crippen molar-refractivity contribution in [1.29, 1.82) is 0 Å². The molecule has 0 bridgehead atoms. The van der Waals surface area contributed by atoms with E-state index in [-0.39, 0.29) is 6.04 Å². The summed E-state index contributed by atoms with van der Waals surface area (Å²) in [5, 5.41) is 3.70. The van der Waals surface area contributed by atoms with Gasteiger partial charge in [-0.25, -0.2) is 4.98 Å². The molecule has 0 saturated carbocycles. The Labute approximate surface area is 203 Å². The second-order valence-corrected chi connectivity index (χ2v) is 8.86. The monoisotopic (exact) mass is 456 g/mol. The van der Waals surface area contributed by atoms with Gasteiger partial charge in [0, 0.05) is 42.7 Å². The molecule has 1 aromatic carbocycles. The van der Waals surface area contributed by atoms with E-state index in [0.717, 1.165) is 37.4 Å². The SMILES string of the molecule is C/C=C\C=C1/CC(C2C=CC(CCC)=CC2)=NC[C@H](NCc2ccc(OC)cc2)c2nccn21. The van der Waals surface area contributed by atoms with Gasteiger partial charge in [0.05, 0.1) is 19.7 Å². The lowest BCUT2D eigenvalue weighted by molar-refractivity contribution is 0.414. The molecule has 0 amide bonds. The van der Waals surface area contributed by atoms with Gasteiger partial charge in [-0.05, 0) is 43.5 Å². The molecule has 2 atom stereocenters. The van der Waals surface area contributed by atoms with E-state index in [1.165, 1.54) is 29.0 Å². The van der Waals surface area contributed by atoms with E-state index in [0.29, 0.717) is 12.5 Å². The van der Waals surface area contributed by atoms with Gasteiger partial charge in [-0.2, -0.15) is 0 Å². The van der Waals surface area contributed by atoms with Gasteiger partial charge in [0.1, 0.15) is 11.6 Å². The maximum atomic E-state index is 5.29. The van der Waals surface area contributed by atoms with Crippen molar-refractivity contribution in [2.75, 3.05) is 13.7 Å². The zero-order valence-corrected chi connectivity index (χ0v) is 20.6. The van der Waals surface area contributed by atoms with Crippen LogP contribution in [0.25, 0.3) is 5.70 Å². The van der Waals surface area contributed by atoms with Crippen LogP contribution in [0.3, 0.4) is 0 Å². The summed E-state index contributed by atoms with van der Waals surface area (Å²) in [5.41, 5.74) is 5.11. The van der Waals surface area contributed by atoms with Crippen LogP contribution in [-0.4, -0.2) is 28.9 Å². The van der Waals surface area contributed by atoms with Crippen molar-refractivity contribution in [3.05, 3.63) is 90.1 Å². The van der Waals surface area contributed by atoms with Crippen molar-refractivity contribution < 1.29 is 4.74 Å². The number of nitrogens with zero attached hydrogens (tertiary/aromatic N) is 3. The molecule has 34 heavy (non-hydrogen) atoms. The summed E-state index contributed by atoms with van der Waals surface area (Å²) < 4.78 is 7.53. The summed E-state index contributed by atoms with van der Waals surface area (Å²) >= 11 is 0. The molecule has 178 valence electrons. The Morgan fingerprint density at radius 1 is 1.24 bits per heavy atom. The van der Waals surface area contributed by atoms with Crippen LogP contribution in [0.1, 0.15) is 57.0 Å². The smallest absolute Gasteiger partial charge is 0.132 e. The molecule has 1 aliphatic heterocycles. The summed E-state index contributed by atoms with van der Waals surface area (Å²) in [4.78, 5) is 9.90. The predicted molar refractivity (Wildman–Crippen MR) is 141 cm³/mol. The van der Waals surface area contributed by atoms with E-state index in [4.69, 9.17) is 14.7 Å². The molecule has 2 aliphatic rings. The number of allylic oxidation sites excluding steroid dienone is 8. The van der Waals surface area contributed by atoms with Crippen molar-refractivity contribution >= 4 is 11.4 Å². The van der Waals surface area contributed by atoms with Gasteiger partial charge in [0.15, 0.2) is 0 Å². The van der Waals surface area contributed by atoms with Crippen LogP contribution in [0.2, 0.25) is 0 Å². The van der Waals surface area contributed by atoms with Gasteiger partial charge < -0.3 is 14.6 Å². The van der Waals surface area contributed by atoms with Crippen LogP contribution in [0.4, 0.5) is 0 Å². The molecule has 0 radical (unpaired) electrons. The maximum Gasteiger partial charge on any atom is 0.132 e. The number of fused-ring (bicyclic) bond motifs is 1. The topological polar surface area (TPSA) is 51.4 Å². The first-order valence-electron chi connectivity index (χ1n) is 12.3. The third-order valence-corrected chi connectivity index (χ3v) is 6.47. The molecule has 1 unspecified atom stereocenters. The van der Waals surface area contributed by atoms with E-state index in [1.807, 2.05) is 25.3 Å². The van der Waals surface area contributed by atoms with Crippen LogP contribution in [0.15, 0.2) is 83.7 Å². The fourth-order valence-corrected chi connectivity index (χ4v) is 4.55. The fourth-order valence-electron chi connectivity index (χ4n) is 4.55. The lowest BCUT2D eigenvalue weighted by Gasteiger charge is -2.26. The normalized spacial score (nSPS) is 21.7. The van der Waals surface area contributed by atoms with E-state index in [1.54, 1.807) is 7.11 Å². The number of imidazole rings is 1. The predicted octanol–water partition coefficient (Wildman–Crippen LogP) is 6.29. The van der Waals surface area contributed by atoms with Crippen molar-refractivity contribution in [1.82, 2.24) is 14.9 Å². The zero-order valence-electron chi connectivity index (χ0n) is 20.6. The minimum atomic E-state index is 0.0279. The Kier molecular flexibility index (Phi) is 8.31. The molecule has 2 aromatic rings. The van der Waals surface area contributed by atoms with E-state index in [9.17, 15) is 0 Å². The highest BCUT2D eigenvalue weighted by Gasteiger charge is 2.25. The Balaban J connectivity index is 1.58. The second-order valence-electron chi connectivity index (χ2n) is 8.86. The van der Waals surface area contributed by atoms with Crippen LogP contribution in [0, 0.1) is 5.92 Å². The third kappa shape index (κ3) is 5.84. The highest BCUT2D eigenvalue weighted by atomic mass is 16.5. The molecule has 5 nitrogen and oxygen atoms in total. The number of rotatable bonds is 8. The summed E-state index contributed by atoms with van der Waals surface area (Å²) in [6.45, 7) is 5.70. The zero-order chi connectivity index (χ0) is 23.8. The summed E-state index contributed by atoms with van der Waals surface area (Å²) in [7, 11) is 1.69. The van der Waals surface area contributed by atoms with E-state index < -0.39 is 0 Å². The quantitative estimate of drug-likeness (QED) is 0.508. The van der Waals surface area contributed by atoms with Gasteiger partial charge in [-0.3, -0.25) is 4.99 Å². The number of aliphatic imine (C=N–C) groups is 1. The lowest BCUT2D eigenvalue weighted by atomic mass is 9.88. The van der Waals surface area contributed by atoms with Crippen molar-refractivity contribution in [3.8, 4) is 5.75 Å². The van der Waals surface area contributed by atoms with Gasteiger partial charge in [0.25, 0.3) is 0 Å². The Morgan fingerprint density at radius 2 is 2.09 bits per heavy atom. The number of hydrogen-bond acceptors (Lipinski definition) is 4. The minimum Gasteiger partial charge on any atom is -0.497 e. The molecule has 1 aliphatic carbocycles. The Morgan fingerprint density at radius 3 is 2.79 bits per heavy atom. The molecule has 0 fully saturated rings. The van der Waals surface area contributed by atoms with Gasteiger partial charge in [0.2, 0.25) is 0 Å². The largest absolute Gasteiger partial charge is 0.497 e.